The first-order valence-electron chi connectivity index (χ1n) is 9.32. The van der Waals surface area contributed by atoms with Crippen molar-refractivity contribution in [1.29, 1.82) is 0 Å². The predicted octanol–water partition coefficient (Wildman–Crippen LogP) is 3.32. The SMILES string of the molecule is CC(C)(C)OC(=O)Nc1cccc(/C=N/NC(=O)c2ccc(/C=C/C(=O)NO)cc2)c1. The first kappa shape index (κ1) is 23.3. The van der Waals surface area contributed by atoms with Crippen molar-refractivity contribution in [2.75, 3.05) is 5.32 Å². The second kappa shape index (κ2) is 10.7. The van der Waals surface area contributed by atoms with E-state index in [0.717, 1.165) is 6.08 Å². The van der Waals surface area contributed by atoms with Crippen LogP contribution in [0, 0.1) is 0 Å². The minimum absolute atomic E-state index is 0.376. The van der Waals surface area contributed by atoms with E-state index in [2.05, 4.69) is 15.8 Å². The molecule has 4 N–H and O–H groups in total. The maximum Gasteiger partial charge on any atom is 0.412 e. The molecule has 2 aromatic carbocycles. The maximum atomic E-state index is 12.2. The van der Waals surface area contributed by atoms with Gasteiger partial charge in [0.25, 0.3) is 11.8 Å². The highest BCUT2D eigenvalue weighted by molar-refractivity contribution is 5.95. The van der Waals surface area contributed by atoms with Gasteiger partial charge in [-0.2, -0.15) is 5.10 Å². The van der Waals surface area contributed by atoms with Gasteiger partial charge in [0.2, 0.25) is 0 Å². The molecule has 0 saturated carbocycles. The van der Waals surface area contributed by atoms with E-state index < -0.39 is 23.5 Å². The third kappa shape index (κ3) is 8.50. The number of rotatable bonds is 6. The molecule has 0 atom stereocenters. The molecule has 3 amide bonds. The van der Waals surface area contributed by atoms with Crippen molar-refractivity contribution in [3.63, 3.8) is 0 Å². The van der Waals surface area contributed by atoms with Gasteiger partial charge in [-0.1, -0.05) is 24.3 Å². The molecule has 0 radical (unpaired) electrons. The lowest BCUT2D eigenvalue weighted by molar-refractivity contribution is -0.124. The number of hydroxylamine groups is 1. The van der Waals surface area contributed by atoms with Crippen LogP contribution in [-0.2, 0) is 9.53 Å². The monoisotopic (exact) mass is 424 g/mol. The Kier molecular flexibility index (Phi) is 8.04. The molecule has 0 aromatic heterocycles. The number of hydrazone groups is 1. The average molecular weight is 424 g/mol. The van der Waals surface area contributed by atoms with Gasteiger partial charge in [-0.05, 0) is 62.2 Å². The highest BCUT2D eigenvalue weighted by Gasteiger charge is 2.16. The molecule has 0 spiro atoms. The van der Waals surface area contributed by atoms with Crippen molar-refractivity contribution in [3.05, 3.63) is 71.3 Å². The molecule has 0 saturated heterocycles. The van der Waals surface area contributed by atoms with E-state index in [4.69, 9.17) is 9.94 Å². The number of amides is 3. The third-order valence-electron chi connectivity index (χ3n) is 3.62. The van der Waals surface area contributed by atoms with E-state index in [-0.39, 0.29) is 0 Å². The van der Waals surface area contributed by atoms with E-state index >= 15 is 0 Å². The molecule has 0 aliphatic heterocycles. The van der Waals surface area contributed by atoms with Gasteiger partial charge in [0.1, 0.15) is 5.60 Å². The highest BCUT2D eigenvalue weighted by atomic mass is 16.6. The Morgan fingerprint density at radius 1 is 1.03 bits per heavy atom. The van der Waals surface area contributed by atoms with E-state index in [9.17, 15) is 14.4 Å². The number of carbonyl (C=O) groups is 3. The van der Waals surface area contributed by atoms with Crippen LogP contribution < -0.4 is 16.2 Å². The van der Waals surface area contributed by atoms with Crippen LogP contribution in [0.2, 0.25) is 0 Å². The quantitative estimate of drug-likeness (QED) is 0.245. The zero-order valence-electron chi connectivity index (χ0n) is 17.4. The Labute approximate surface area is 179 Å². The summed E-state index contributed by atoms with van der Waals surface area (Å²) in [5.41, 5.74) is 5.56. The zero-order chi connectivity index (χ0) is 22.9. The number of hydrogen-bond donors (Lipinski definition) is 4. The largest absolute Gasteiger partial charge is 0.444 e. The molecule has 9 nitrogen and oxygen atoms in total. The lowest BCUT2D eigenvalue weighted by Gasteiger charge is -2.19. The number of ether oxygens (including phenoxy) is 1. The molecule has 162 valence electrons. The molecule has 2 rings (SSSR count). The summed E-state index contributed by atoms with van der Waals surface area (Å²) < 4.78 is 5.21. The fraction of sp³-hybridized carbons (Fsp3) is 0.182. The molecule has 2 aromatic rings. The highest BCUT2D eigenvalue weighted by Crippen LogP contribution is 2.13. The molecule has 31 heavy (non-hydrogen) atoms. The molecular weight excluding hydrogens is 400 g/mol. The average Bonchev–Trinajstić information content (AvgIpc) is 2.71. The van der Waals surface area contributed by atoms with Gasteiger partial charge in [-0.3, -0.25) is 20.1 Å². The van der Waals surface area contributed by atoms with Crippen molar-refractivity contribution in [2.24, 2.45) is 5.10 Å². The minimum atomic E-state index is -0.651. The van der Waals surface area contributed by atoms with Gasteiger partial charge in [0.05, 0.1) is 6.21 Å². The number of anilines is 1. The van der Waals surface area contributed by atoms with Crippen molar-refractivity contribution < 1.29 is 24.3 Å². The van der Waals surface area contributed by atoms with Crippen LogP contribution in [0.4, 0.5) is 10.5 Å². The third-order valence-corrected chi connectivity index (χ3v) is 3.62. The lowest BCUT2D eigenvalue weighted by Crippen LogP contribution is -2.27. The standard InChI is InChI=1S/C22H24N4O5/c1-22(2,3)31-21(29)24-18-6-4-5-16(13-18)14-23-25-20(28)17-10-7-15(8-11-17)9-12-19(27)26-30/h4-14,30H,1-3H3,(H,24,29)(H,25,28)(H,26,27)/b12-9+,23-14+. The minimum Gasteiger partial charge on any atom is -0.444 e. The van der Waals surface area contributed by atoms with Crippen molar-refractivity contribution in [1.82, 2.24) is 10.9 Å². The van der Waals surface area contributed by atoms with E-state index in [1.165, 1.54) is 17.8 Å². The lowest BCUT2D eigenvalue weighted by atomic mass is 10.1. The molecule has 0 unspecified atom stereocenters. The Hall–Kier alpha value is -3.98. The predicted molar refractivity (Wildman–Crippen MR) is 117 cm³/mol. The van der Waals surface area contributed by atoms with Crippen LogP contribution in [-0.4, -0.2) is 34.9 Å². The van der Waals surface area contributed by atoms with Crippen LogP contribution in [0.3, 0.4) is 0 Å². The molecule has 9 heteroatoms. The van der Waals surface area contributed by atoms with Crippen molar-refractivity contribution >= 4 is 35.9 Å². The number of nitrogens with zero attached hydrogens (tertiary/aromatic N) is 1. The first-order valence-corrected chi connectivity index (χ1v) is 9.32. The van der Waals surface area contributed by atoms with Gasteiger partial charge in [0, 0.05) is 17.3 Å². The van der Waals surface area contributed by atoms with Gasteiger partial charge >= 0.3 is 6.09 Å². The van der Waals surface area contributed by atoms with Gasteiger partial charge in [-0.25, -0.2) is 15.7 Å². The summed E-state index contributed by atoms with van der Waals surface area (Å²) in [6, 6.07) is 13.3. The molecule has 0 aliphatic rings. The number of carbonyl (C=O) groups excluding carboxylic acids is 3. The second-order valence-corrected chi connectivity index (χ2v) is 7.38. The van der Waals surface area contributed by atoms with E-state index in [0.29, 0.717) is 22.4 Å². The molecular formula is C22H24N4O5. The fourth-order valence-electron chi connectivity index (χ4n) is 2.30. The van der Waals surface area contributed by atoms with Crippen LogP contribution in [0.15, 0.2) is 59.7 Å². The van der Waals surface area contributed by atoms with E-state index in [1.54, 1.807) is 69.3 Å². The molecule has 0 bridgehead atoms. The number of benzene rings is 2. The molecule has 0 aliphatic carbocycles. The Bertz CT molecular complexity index is 992. The van der Waals surface area contributed by atoms with Crippen LogP contribution in [0.5, 0.6) is 0 Å². The summed E-state index contributed by atoms with van der Waals surface area (Å²) in [5.74, 6) is -1.07. The Balaban J connectivity index is 1.93. The van der Waals surface area contributed by atoms with Crippen LogP contribution >= 0.6 is 0 Å². The van der Waals surface area contributed by atoms with Crippen molar-refractivity contribution in [2.45, 2.75) is 26.4 Å². The Morgan fingerprint density at radius 2 is 1.74 bits per heavy atom. The summed E-state index contributed by atoms with van der Waals surface area (Å²) in [6.07, 6.45) is 3.53. The number of nitrogens with one attached hydrogen (secondary N) is 3. The van der Waals surface area contributed by atoms with Gasteiger partial charge in [0.15, 0.2) is 0 Å². The van der Waals surface area contributed by atoms with E-state index in [1.807, 2.05) is 0 Å². The Morgan fingerprint density at radius 3 is 2.39 bits per heavy atom. The fourth-order valence-corrected chi connectivity index (χ4v) is 2.30. The summed E-state index contributed by atoms with van der Waals surface area (Å²) in [5, 5.41) is 15.0. The first-order chi connectivity index (χ1) is 14.7. The van der Waals surface area contributed by atoms with Crippen LogP contribution in [0.1, 0.15) is 42.3 Å². The van der Waals surface area contributed by atoms with Gasteiger partial charge in [-0.15, -0.1) is 0 Å². The summed E-state index contributed by atoms with van der Waals surface area (Å²) in [7, 11) is 0. The van der Waals surface area contributed by atoms with Crippen molar-refractivity contribution in [3.8, 4) is 0 Å². The van der Waals surface area contributed by atoms with Crippen LogP contribution in [0.25, 0.3) is 6.08 Å². The number of hydrogen-bond acceptors (Lipinski definition) is 6. The maximum absolute atomic E-state index is 12.2. The zero-order valence-corrected chi connectivity index (χ0v) is 17.4. The topological polar surface area (TPSA) is 129 Å². The molecule has 0 fully saturated rings. The summed E-state index contributed by atoms with van der Waals surface area (Å²) in [6.45, 7) is 5.33. The summed E-state index contributed by atoms with van der Waals surface area (Å²) in [4.78, 5) is 35.0. The summed E-state index contributed by atoms with van der Waals surface area (Å²) >= 11 is 0. The normalized spacial score (nSPS) is 11.4. The second-order valence-electron chi connectivity index (χ2n) is 7.38. The van der Waals surface area contributed by atoms with Gasteiger partial charge < -0.3 is 4.74 Å². The molecule has 0 heterocycles. The smallest absolute Gasteiger partial charge is 0.412 e.